The Morgan fingerprint density at radius 2 is 1.65 bits per heavy atom. The maximum atomic E-state index is 12.3. The van der Waals surface area contributed by atoms with Crippen molar-refractivity contribution in [3.63, 3.8) is 0 Å². The van der Waals surface area contributed by atoms with Gasteiger partial charge < -0.3 is 15.2 Å². The van der Waals surface area contributed by atoms with Gasteiger partial charge >= 0.3 is 5.97 Å². The lowest BCUT2D eigenvalue weighted by Gasteiger charge is -2.11. The van der Waals surface area contributed by atoms with Gasteiger partial charge in [-0.1, -0.05) is 54.1 Å². The van der Waals surface area contributed by atoms with E-state index in [1.807, 2.05) is 48.5 Å². The van der Waals surface area contributed by atoms with Gasteiger partial charge in [-0.2, -0.15) is 0 Å². The van der Waals surface area contributed by atoms with E-state index in [0.717, 1.165) is 11.1 Å². The molecule has 0 aromatic heterocycles. The van der Waals surface area contributed by atoms with Crippen LogP contribution in [0.3, 0.4) is 0 Å². The molecule has 0 unspecified atom stereocenters. The highest BCUT2D eigenvalue weighted by molar-refractivity contribution is 6.30. The lowest BCUT2D eigenvalue weighted by Crippen LogP contribution is -2.07. The Morgan fingerprint density at radius 1 is 0.885 bits per heavy atom. The maximum absolute atomic E-state index is 12.3. The normalized spacial score (nSPS) is 10.3. The van der Waals surface area contributed by atoms with Crippen molar-refractivity contribution in [1.29, 1.82) is 0 Å². The van der Waals surface area contributed by atoms with Gasteiger partial charge in [-0.15, -0.1) is 0 Å². The lowest BCUT2D eigenvalue weighted by atomic mass is 10.2. The van der Waals surface area contributed by atoms with Crippen LogP contribution in [0, 0.1) is 0 Å². The largest absolute Gasteiger partial charge is 0.487 e. The van der Waals surface area contributed by atoms with Gasteiger partial charge in [-0.25, -0.2) is 4.79 Å². The van der Waals surface area contributed by atoms with Gasteiger partial charge in [-0.05, 0) is 41.5 Å². The zero-order valence-corrected chi connectivity index (χ0v) is 14.8. The van der Waals surface area contributed by atoms with Gasteiger partial charge in [0.1, 0.15) is 19.0 Å². The van der Waals surface area contributed by atoms with E-state index in [4.69, 9.17) is 26.8 Å². The first-order valence-corrected chi connectivity index (χ1v) is 8.47. The number of hydrogen-bond acceptors (Lipinski definition) is 4. The molecule has 0 heterocycles. The molecule has 0 aliphatic heterocycles. The van der Waals surface area contributed by atoms with E-state index < -0.39 is 5.97 Å². The van der Waals surface area contributed by atoms with Crippen LogP contribution < -0.4 is 10.5 Å². The average Bonchev–Trinajstić information content (AvgIpc) is 2.66. The van der Waals surface area contributed by atoms with Crippen molar-refractivity contribution in [2.75, 3.05) is 5.73 Å². The van der Waals surface area contributed by atoms with Crippen molar-refractivity contribution >= 4 is 23.3 Å². The molecule has 132 valence electrons. The summed E-state index contributed by atoms with van der Waals surface area (Å²) in [7, 11) is 0. The second-order valence-electron chi connectivity index (χ2n) is 5.73. The molecule has 0 spiro atoms. The number of carbonyl (C=O) groups excluding carboxylic acids is 1. The van der Waals surface area contributed by atoms with Crippen LogP contribution in [0.25, 0.3) is 0 Å². The minimum absolute atomic E-state index is 0.211. The smallest absolute Gasteiger partial charge is 0.338 e. The summed E-state index contributed by atoms with van der Waals surface area (Å²) in [4.78, 5) is 12.3. The minimum Gasteiger partial charge on any atom is -0.487 e. The van der Waals surface area contributed by atoms with Crippen molar-refractivity contribution in [1.82, 2.24) is 0 Å². The number of ether oxygens (including phenoxy) is 2. The number of nitrogens with two attached hydrogens (primary N) is 1. The highest BCUT2D eigenvalue weighted by Gasteiger charge is 2.11. The fourth-order valence-electron chi connectivity index (χ4n) is 2.38. The predicted molar refractivity (Wildman–Crippen MR) is 102 cm³/mol. The molecule has 3 rings (SSSR count). The standard InChI is InChI=1S/C21H18ClNO3/c22-18-8-4-7-16(11-18)14-25-20-12-17(9-10-19(20)23)21(24)26-13-15-5-2-1-3-6-15/h1-12H,13-14,23H2. The summed E-state index contributed by atoms with van der Waals surface area (Å²) in [6.45, 7) is 0.510. The molecule has 0 atom stereocenters. The molecule has 0 bridgehead atoms. The van der Waals surface area contributed by atoms with Crippen molar-refractivity contribution in [3.05, 3.63) is 94.5 Å². The lowest BCUT2D eigenvalue weighted by molar-refractivity contribution is 0.0472. The molecule has 3 aromatic carbocycles. The highest BCUT2D eigenvalue weighted by Crippen LogP contribution is 2.25. The maximum Gasteiger partial charge on any atom is 0.338 e. The third-order valence-electron chi connectivity index (χ3n) is 3.75. The fraction of sp³-hybridized carbons (Fsp3) is 0.0952. The Kier molecular flexibility index (Phi) is 5.77. The molecule has 5 heteroatoms. The molecule has 0 amide bonds. The number of halogens is 1. The molecule has 0 saturated carbocycles. The molecule has 0 aliphatic rings. The third-order valence-corrected chi connectivity index (χ3v) is 3.98. The molecule has 0 fully saturated rings. The molecule has 3 aromatic rings. The van der Waals surface area contributed by atoms with Crippen LogP contribution in [0.1, 0.15) is 21.5 Å². The molecule has 4 nitrogen and oxygen atoms in total. The molecule has 26 heavy (non-hydrogen) atoms. The van der Waals surface area contributed by atoms with Crippen LogP contribution in [0.4, 0.5) is 5.69 Å². The quantitative estimate of drug-likeness (QED) is 0.499. The monoisotopic (exact) mass is 367 g/mol. The topological polar surface area (TPSA) is 61.6 Å². The number of carbonyl (C=O) groups is 1. The number of anilines is 1. The van der Waals surface area contributed by atoms with E-state index in [9.17, 15) is 4.79 Å². The first kappa shape index (κ1) is 17.8. The van der Waals surface area contributed by atoms with E-state index in [2.05, 4.69) is 0 Å². The number of nitrogen functional groups attached to an aromatic ring is 1. The van der Waals surface area contributed by atoms with Gasteiger partial charge in [0.25, 0.3) is 0 Å². The Labute approximate surface area is 157 Å². The summed E-state index contributed by atoms with van der Waals surface area (Å²) < 4.78 is 11.1. The van der Waals surface area contributed by atoms with Gasteiger partial charge in [-0.3, -0.25) is 0 Å². The van der Waals surface area contributed by atoms with Crippen molar-refractivity contribution in [2.45, 2.75) is 13.2 Å². The van der Waals surface area contributed by atoms with Gasteiger partial charge in [0, 0.05) is 5.02 Å². The van der Waals surface area contributed by atoms with Crippen LogP contribution in [0.15, 0.2) is 72.8 Å². The van der Waals surface area contributed by atoms with Crippen LogP contribution in [0.5, 0.6) is 5.75 Å². The zero-order valence-electron chi connectivity index (χ0n) is 14.0. The number of benzene rings is 3. The Morgan fingerprint density at radius 3 is 2.42 bits per heavy atom. The minimum atomic E-state index is -0.429. The SMILES string of the molecule is Nc1ccc(C(=O)OCc2ccccc2)cc1OCc1cccc(Cl)c1. The summed E-state index contributed by atoms with van der Waals surface area (Å²) in [5, 5.41) is 0.636. The Balaban J connectivity index is 1.65. The number of rotatable bonds is 6. The van der Waals surface area contributed by atoms with Crippen molar-refractivity contribution < 1.29 is 14.3 Å². The Bertz CT molecular complexity index is 897. The van der Waals surface area contributed by atoms with Gasteiger partial charge in [0.2, 0.25) is 0 Å². The predicted octanol–water partition coefficient (Wildman–Crippen LogP) is 4.86. The summed E-state index contributed by atoms with van der Waals surface area (Å²) in [6, 6.07) is 21.7. The fourth-order valence-corrected chi connectivity index (χ4v) is 2.59. The van der Waals surface area contributed by atoms with Crippen LogP contribution in [-0.2, 0) is 18.0 Å². The summed E-state index contributed by atoms with van der Waals surface area (Å²) in [5.74, 6) is 0.000551. The molecule has 0 aliphatic carbocycles. The molecule has 0 saturated heterocycles. The van der Waals surface area contributed by atoms with Crippen molar-refractivity contribution in [3.8, 4) is 5.75 Å². The Hall–Kier alpha value is -2.98. The van der Waals surface area contributed by atoms with Crippen LogP contribution in [-0.4, -0.2) is 5.97 Å². The van der Waals surface area contributed by atoms with Crippen LogP contribution >= 0.6 is 11.6 Å². The van der Waals surface area contributed by atoms with Gasteiger partial charge in [0.05, 0.1) is 11.3 Å². The molecular weight excluding hydrogens is 350 g/mol. The van der Waals surface area contributed by atoms with E-state index in [0.29, 0.717) is 28.6 Å². The number of esters is 1. The number of hydrogen-bond donors (Lipinski definition) is 1. The zero-order chi connectivity index (χ0) is 18.4. The third kappa shape index (κ3) is 4.77. The molecular formula is C21H18ClNO3. The molecule has 2 N–H and O–H groups in total. The van der Waals surface area contributed by atoms with E-state index in [1.165, 1.54) is 0 Å². The van der Waals surface area contributed by atoms with E-state index in [-0.39, 0.29) is 6.61 Å². The highest BCUT2D eigenvalue weighted by atomic mass is 35.5. The summed E-state index contributed by atoms with van der Waals surface area (Å²) in [5.41, 5.74) is 8.62. The molecule has 0 radical (unpaired) electrons. The van der Waals surface area contributed by atoms with E-state index in [1.54, 1.807) is 24.3 Å². The summed E-state index contributed by atoms with van der Waals surface area (Å²) >= 11 is 5.97. The van der Waals surface area contributed by atoms with Crippen molar-refractivity contribution in [2.24, 2.45) is 0 Å². The van der Waals surface area contributed by atoms with Gasteiger partial charge in [0.15, 0.2) is 0 Å². The van der Waals surface area contributed by atoms with Crippen LogP contribution in [0.2, 0.25) is 5.02 Å². The summed E-state index contributed by atoms with van der Waals surface area (Å²) in [6.07, 6.45) is 0. The average molecular weight is 368 g/mol. The van der Waals surface area contributed by atoms with E-state index >= 15 is 0 Å². The first-order chi connectivity index (χ1) is 12.6. The second kappa shape index (κ2) is 8.41. The second-order valence-corrected chi connectivity index (χ2v) is 6.17. The first-order valence-electron chi connectivity index (χ1n) is 8.09.